The molecule has 0 N–H and O–H groups in total. The van der Waals surface area contributed by atoms with Gasteiger partial charge in [0.2, 0.25) is 0 Å². The van der Waals surface area contributed by atoms with Crippen molar-refractivity contribution < 1.29 is 4.42 Å². The van der Waals surface area contributed by atoms with Crippen LogP contribution in [0.25, 0.3) is 76.5 Å². The summed E-state index contributed by atoms with van der Waals surface area (Å²) in [6.45, 7) is 7.86. The van der Waals surface area contributed by atoms with E-state index in [-0.39, 0.29) is 0 Å². The molecule has 0 spiro atoms. The molecule has 2 aromatic heterocycles. The lowest BCUT2D eigenvalue weighted by Gasteiger charge is -2.12. The molecule has 3 nitrogen and oxygen atoms in total. The van der Waals surface area contributed by atoms with Gasteiger partial charge in [-0.05, 0) is 76.9 Å². The van der Waals surface area contributed by atoms with Crippen molar-refractivity contribution in [2.24, 2.45) is 0 Å². The lowest BCUT2D eigenvalue weighted by Crippen LogP contribution is -1.94. The molecule has 0 amide bonds. The summed E-state index contributed by atoms with van der Waals surface area (Å²) in [5.41, 5.74) is 9.99. The van der Waals surface area contributed by atoms with E-state index in [2.05, 4.69) is 113 Å². The van der Waals surface area contributed by atoms with Crippen LogP contribution in [0, 0.1) is 6.57 Å². The fraction of sp³-hybridized carbons (Fsp3) is 0. The molecule has 0 aliphatic heterocycles. The minimum absolute atomic E-state index is 0.617. The van der Waals surface area contributed by atoms with Crippen molar-refractivity contribution in [1.82, 2.24) is 4.57 Å². The Hall–Kier alpha value is -5.59. The minimum Gasteiger partial charge on any atom is -0.456 e. The van der Waals surface area contributed by atoms with E-state index in [0.29, 0.717) is 5.69 Å². The van der Waals surface area contributed by atoms with E-state index in [4.69, 9.17) is 11.0 Å². The first-order valence-corrected chi connectivity index (χ1v) is 13.3. The molecule has 186 valence electrons. The SMILES string of the molecule is [C-]#[N+]c1cc(-c2cccc(-c3ccc4oc5ccccc5c4c3)c2)cc(-n2c3ccccc3c3ccccc32)c1. The highest BCUT2D eigenvalue weighted by molar-refractivity contribution is 6.09. The Kier molecular flexibility index (Phi) is 4.89. The van der Waals surface area contributed by atoms with E-state index >= 15 is 0 Å². The van der Waals surface area contributed by atoms with Crippen LogP contribution in [0.1, 0.15) is 0 Å². The predicted octanol–water partition coefficient (Wildman–Crippen LogP) is 10.6. The zero-order chi connectivity index (χ0) is 26.6. The third-order valence-electron chi connectivity index (χ3n) is 7.78. The summed E-state index contributed by atoms with van der Waals surface area (Å²) in [6.07, 6.45) is 0. The number of furan rings is 1. The molecule has 8 aromatic rings. The number of para-hydroxylation sites is 3. The first-order valence-electron chi connectivity index (χ1n) is 13.3. The first kappa shape index (κ1) is 22.4. The fourth-order valence-corrected chi connectivity index (χ4v) is 5.94. The summed E-state index contributed by atoms with van der Waals surface area (Å²) in [6, 6.07) is 46.2. The van der Waals surface area contributed by atoms with E-state index in [9.17, 15) is 0 Å². The molecular formula is C37H22N2O. The zero-order valence-electron chi connectivity index (χ0n) is 21.5. The standard InChI is InChI=1S/C37H22N2O/c1-38-28-20-27(21-29(23-28)39-34-14-5-2-11-30(34)31-12-3-6-15-35(31)39)25-10-8-9-24(19-25)26-17-18-37-33(22-26)32-13-4-7-16-36(32)40-37/h2-23H. The highest BCUT2D eigenvalue weighted by Gasteiger charge is 2.14. The Morgan fingerprint density at radius 2 is 1.10 bits per heavy atom. The smallest absolute Gasteiger partial charge is 0.189 e. The van der Waals surface area contributed by atoms with Crippen molar-refractivity contribution in [3.63, 3.8) is 0 Å². The third-order valence-corrected chi connectivity index (χ3v) is 7.78. The van der Waals surface area contributed by atoms with Gasteiger partial charge in [-0.1, -0.05) is 78.9 Å². The lowest BCUT2D eigenvalue weighted by molar-refractivity contribution is 0.669. The van der Waals surface area contributed by atoms with E-state index in [0.717, 1.165) is 60.9 Å². The van der Waals surface area contributed by atoms with Gasteiger partial charge in [0.1, 0.15) is 11.2 Å². The third kappa shape index (κ3) is 3.44. The maximum absolute atomic E-state index is 7.86. The lowest BCUT2D eigenvalue weighted by atomic mass is 9.97. The second-order valence-corrected chi connectivity index (χ2v) is 10.1. The number of fused-ring (bicyclic) bond motifs is 6. The van der Waals surface area contributed by atoms with Crippen LogP contribution in [0.4, 0.5) is 5.69 Å². The van der Waals surface area contributed by atoms with Gasteiger partial charge in [0.05, 0.1) is 17.6 Å². The average Bonchev–Trinajstić information content (AvgIpc) is 3.56. The highest BCUT2D eigenvalue weighted by atomic mass is 16.3. The molecule has 0 saturated heterocycles. The highest BCUT2D eigenvalue weighted by Crippen LogP contribution is 2.37. The van der Waals surface area contributed by atoms with Gasteiger partial charge in [-0.3, -0.25) is 0 Å². The summed E-state index contributed by atoms with van der Waals surface area (Å²) in [4.78, 5) is 3.85. The van der Waals surface area contributed by atoms with Crippen LogP contribution in [0.2, 0.25) is 0 Å². The van der Waals surface area contributed by atoms with Crippen LogP contribution in [-0.4, -0.2) is 4.57 Å². The zero-order valence-corrected chi connectivity index (χ0v) is 21.5. The number of hydrogen-bond acceptors (Lipinski definition) is 1. The van der Waals surface area contributed by atoms with Crippen LogP contribution in [-0.2, 0) is 0 Å². The minimum atomic E-state index is 0.617. The molecule has 0 atom stereocenters. The van der Waals surface area contributed by atoms with Gasteiger partial charge in [0.25, 0.3) is 0 Å². The van der Waals surface area contributed by atoms with Crippen LogP contribution < -0.4 is 0 Å². The maximum atomic E-state index is 7.86. The number of aromatic nitrogens is 1. The molecule has 0 aliphatic rings. The van der Waals surface area contributed by atoms with Crippen molar-refractivity contribution in [2.75, 3.05) is 0 Å². The molecule has 2 heterocycles. The van der Waals surface area contributed by atoms with Crippen LogP contribution in [0.15, 0.2) is 138 Å². The molecule has 0 saturated carbocycles. The molecule has 3 heteroatoms. The summed E-state index contributed by atoms with van der Waals surface area (Å²) in [5, 5.41) is 4.65. The van der Waals surface area contributed by atoms with Gasteiger partial charge in [-0.25, -0.2) is 4.85 Å². The van der Waals surface area contributed by atoms with Gasteiger partial charge in [-0.2, -0.15) is 0 Å². The first-order chi connectivity index (χ1) is 19.8. The van der Waals surface area contributed by atoms with Gasteiger partial charge < -0.3 is 8.98 Å². The molecular weight excluding hydrogens is 488 g/mol. The maximum Gasteiger partial charge on any atom is 0.189 e. The van der Waals surface area contributed by atoms with Gasteiger partial charge >= 0.3 is 0 Å². The number of hydrogen-bond donors (Lipinski definition) is 0. The van der Waals surface area contributed by atoms with Crippen molar-refractivity contribution >= 4 is 49.4 Å². The monoisotopic (exact) mass is 510 g/mol. The van der Waals surface area contributed by atoms with Crippen molar-refractivity contribution in [3.8, 4) is 27.9 Å². The quantitative estimate of drug-likeness (QED) is 0.217. The van der Waals surface area contributed by atoms with E-state index in [1.165, 1.54) is 10.8 Å². The molecule has 6 aromatic carbocycles. The number of rotatable bonds is 3. The molecule has 0 radical (unpaired) electrons. The fourth-order valence-electron chi connectivity index (χ4n) is 5.94. The molecule has 0 aliphatic carbocycles. The predicted molar refractivity (Wildman–Crippen MR) is 165 cm³/mol. The molecule has 0 bridgehead atoms. The van der Waals surface area contributed by atoms with E-state index in [1.807, 2.05) is 30.3 Å². The number of benzene rings is 6. The number of nitrogens with zero attached hydrogens (tertiary/aromatic N) is 2. The second-order valence-electron chi connectivity index (χ2n) is 10.1. The second kappa shape index (κ2) is 8.73. The summed E-state index contributed by atoms with van der Waals surface area (Å²) < 4.78 is 8.31. The molecule has 0 unspecified atom stereocenters. The normalized spacial score (nSPS) is 11.5. The summed E-state index contributed by atoms with van der Waals surface area (Å²) in [7, 11) is 0. The largest absolute Gasteiger partial charge is 0.456 e. The molecule has 40 heavy (non-hydrogen) atoms. The Labute approximate surface area is 231 Å². The summed E-state index contributed by atoms with van der Waals surface area (Å²) in [5.74, 6) is 0. The van der Waals surface area contributed by atoms with Crippen molar-refractivity contribution in [3.05, 3.63) is 145 Å². The molecule has 8 rings (SSSR count). The Morgan fingerprint density at radius 3 is 1.85 bits per heavy atom. The van der Waals surface area contributed by atoms with Gasteiger partial charge in [-0.15, -0.1) is 0 Å². The Balaban J connectivity index is 1.29. The van der Waals surface area contributed by atoms with Crippen molar-refractivity contribution in [1.29, 1.82) is 0 Å². The average molecular weight is 511 g/mol. The summed E-state index contributed by atoms with van der Waals surface area (Å²) >= 11 is 0. The Bertz CT molecular complexity index is 2240. The van der Waals surface area contributed by atoms with E-state index in [1.54, 1.807) is 0 Å². The molecule has 0 fully saturated rings. The topological polar surface area (TPSA) is 22.4 Å². The van der Waals surface area contributed by atoms with Crippen LogP contribution in [0.3, 0.4) is 0 Å². The van der Waals surface area contributed by atoms with E-state index < -0.39 is 0 Å². The van der Waals surface area contributed by atoms with Gasteiger partial charge in [0.15, 0.2) is 5.69 Å². The van der Waals surface area contributed by atoms with Crippen LogP contribution in [0.5, 0.6) is 0 Å². The van der Waals surface area contributed by atoms with Crippen LogP contribution >= 0.6 is 0 Å². The Morgan fingerprint density at radius 1 is 0.475 bits per heavy atom. The van der Waals surface area contributed by atoms with Crippen molar-refractivity contribution in [2.45, 2.75) is 0 Å². The van der Waals surface area contributed by atoms with Gasteiger partial charge in [0, 0.05) is 27.2 Å².